The summed E-state index contributed by atoms with van der Waals surface area (Å²) < 4.78 is 11.4. The van der Waals surface area contributed by atoms with E-state index in [2.05, 4.69) is 20.8 Å². The van der Waals surface area contributed by atoms with E-state index in [4.69, 9.17) is 9.47 Å². The Hall–Kier alpha value is -0.830. The number of rotatable bonds is 5. The highest BCUT2D eigenvalue weighted by Gasteiger charge is 2.47. The van der Waals surface area contributed by atoms with Crippen molar-refractivity contribution in [1.82, 2.24) is 0 Å². The Morgan fingerprint density at radius 1 is 1.23 bits per heavy atom. The summed E-state index contributed by atoms with van der Waals surface area (Å²) in [6.07, 6.45) is -1.51. The van der Waals surface area contributed by atoms with E-state index < -0.39 is 37.3 Å². The zero-order valence-corrected chi connectivity index (χ0v) is 15.9. The van der Waals surface area contributed by atoms with E-state index in [0.717, 1.165) is 0 Å². The molecule has 0 bridgehead atoms. The Kier molecular flexibility index (Phi) is 6.98. The van der Waals surface area contributed by atoms with Crippen molar-refractivity contribution in [1.29, 1.82) is 0 Å². The lowest BCUT2D eigenvalue weighted by molar-refractivity contribution is -0.316. The number of carbonyl (C=O) groups excluding carboxylic acids is 1. The molecule has 4 N–H and O–H groups in total. The number of ether oxygens (including phenoxy) is 2. The van der Waals surface area contributed by atoms with E-state index >= 15 is 0 Å². The van der Waals surface area contributed by atoms with Crippen LogP contribution in [0, 0.1) is 17.3 Å². The van der Waals surface area contributed by atoms with Gasteiger partial charge in [0.15, 0.2) is 12.1 Å². The summed E-state index contributed by atoms with van der Waals surface area (Å²) in [6, 6.07) is 0. The topological polar surface area (TPSA) is 116 Å². The van der Waals surface area contributed by atoms with Crippen LogP contribution in [0.2, 0.25) is 0 Å². The molecule has 0 aromatic heterocycles. The first kappa shape index (κ1) is 21.5. The van der Waals surface area contributed by atoms with Crippen molar-refractivity contribution < 1.29 is 34.7 Å². The molecule has 0 amide bonds. The highest BCUT2D eigenvalue weighted by molar-refractivity contribution is 5.87. The SMILES string of the molecule is CC(=O)/C=C\[C@@H]1[C@@H](C)C[C@@H](O[C@@H]2O[C@H](CO)[C@@H](O)[C@H](O)[C@H]2O)CC1(C)C. The van der Waals surface area contributed by atoms with Crippen LogP contribution in [0.1, 0.15) is 40.5 Å². The molecule has 0 unspecified atom stereocenters. The Bertz CT molecular complexity index is 516. The monoisotopic (exact) mass is 372 g/mol. The Balaban J connectivity index is 2.06. The third kappa shape index (κ3) is 4.71. The minimum Gasteiger partial charge on any atom is -0.394 e. The summed E-state index contributed by atoms with van der Waals surface area (Å²) in [7, 11) is 0. The molecule has 1 aliphatic heterocycles. The molecule has 7 nitrogen and oxygen atoms in total. The molecule has 26 heavy (non-hydrogen) atoms. The summed E-state index contributed by atoms with van der Waals surface area (Å²) in [5, 5.41) is 39.2. The molecule has 8 atom stereocenters. The summed E-state index contributed by atoms with van der Waals surface area (Å²) in [4.78, 5) is 11.3. The van der Waals surface area contributed by atoms with Crippen molar-refractivity contribution in [3.05, 3.63) is 12.2 Å². The van der Waals surface area contributed by atoms with Crippen molar-refractivity contribution >= 4 is 5.78 Å². The maximum absolute atomic E-state index is 11.3. The van der Waals surface area contributed by atoms with E-state index in [1.54, 1.807) is 6.08 Å². The number of hydrogen-bond acceptors (Lipinski definition) is 7. The summed E-state index contributed by atoms with van der Waals surface area (Å²) >= 11 is 0. The van der Waals surface area contributed by atoms with Crippen LogP contribution in [0.4, 0.5) is 0 Å². The minimum atomic E-state index is -1.44. The standard InChI is InChI=1S/C19H32O7/c1-10-7-12(8-19(3,4)13(10)6-5-11(2)21)25-18-17(24)16(23)15(22)14(9-20)26-18/h5-6,10,12-18,20,22-24H,7-9H2,1-4H3/b6-5-/t10-,12+,13+,14+,15+,16-,17+,18+/m0/s1. The van der Waals surface area contributed by atoms with Gasteiger partial charge in [0, 0.05) is 0 Å². The van der Waals surface area contributed by atoms with Gasteiger partial charge in [0.2, 0.25) is 0 Å². The molecule has 2 rings (SSSR count). The molecule has 7 heteroatoms. The largest absolute Gasteiger partial charge is 0.394 e. The quantitative estimate of drug-likeness (QED) is 0.516. The molecule has 0 radical (unpaired) electrons. The molecule has 2 aliphatic rings. The van der Waals surface area contributed by atoms with E-state index in [9.17, 15) is 25.2 Å². The van der Waals surface area contributed by atoms with Crippen LogP contribution in [0.15, 0.2) is 12.2 Å². The fourth-order valence-corrected chi connectivity index (χ4v) is 4.30. The molecular formula is C19H32O7. The van der Waals surface area contributed by atoms with E-state index in [1.807, 2.05) is 6.08 Å². The first-order chi connectivity index (χ1) is 12.1. The van der Waals surface area contributed by atoms with E-state index in [0.29, 0.717) is 12.8 Å². The molecule has 150 valence electrons. The molecule has 0 aromatic carbocycles. The number of aliphatic hydroxyl groups is 4. The van der Waals surface area contributed by atoms with Gasteiger partial charge in [0.1, 0.15) is 24.4 Å². The highest BCUT2D eigenvalue weighted by Crippen LogP contribution is 2.46. The summed E-state index contributed by atoms with van der Waals surface area (Å²) in [6.45, 7) is 7.37. The molecule has 1 saturated carbocycles. The van der Waals surface area contributed by atoms with Crippen LogP contribution >= 0.6 is 0 Å². The lowest BCUT2D eigenvalue weighted by Gasteiger charge is -2.47. The third-order valence-electron chi connectivity index (χ3n) is 5.62. The zero-order chi connectivity index (χ0) is 19.6. The smallest absolute Gasteiger partial charge is 0.186 e. The van der Waals surface area contributed by atoms with Gasteiger partial charge in [-0.2, -0.15) is 0 Å². The van der Waals surface area contributed by atoms with E-state index in [1.165, 1.54) is 6.92 Å². The van der Waals surface area contributed by atoms with Crippen molar-refractivity contribution in [2.75, 3.05) is 6.61 Å². The second-order valence-electron chi connectivity index (χ2n) is 8.36. The van der Waals surface area contributed by atoms with Gasteiger partial charge in [-0.25, -0.2) is 0 Å². The number of allylic oxidation sites excluding steroid dienone is 2. The summed E-state index contributed by atoms with van der Waals surface area (Å²) in [5.74, 6) is 0.498. The minimum absolute atomic E-state index is 0.0210. The molecule has 1 aliphatic carbocycles. The summed E-state index contributed by atoms with van der Waals surface area (Å²) in [5.41, 5.74) is -0.123. The van der Waals surface area contributed by atoms with Gasteiger partial charge in [-0.1, -0.05) is 26.8 Å². The molecule has 1 heterocycles. The normalized spacial score (nSPS) is 43.5. The van der Waals surface area contributed by atoms with Gasteiger partial charge in [-0.3, -0.25) is 4.79 Å². The average Bonchev–Trinajstić information content (AvgIpc) is 2.53. The number of carbonyl (C=O) groups is 1. The van der Waals surface area contributed by atoms with Crippen LogP contribution in [0.25, 0.3) is 0 Å². The van der Waals surface area contributed by atoms with Gasteiger partial charge < -0.3 is 29.9 Å². The second kappa shape index (κ2) is 8.46. The second-order valence-corrected chi connectivity index (χ2v) is 8.36. The maximum Gasteiger partial charge on any atom is 0.186 e. The zero-order valence-electron chi connectivity index (χ0n) is 15.9. The molecule has 0 aromatic rings. The molecule has 0 spiro atoms. The predicted molar refractivity (Wildman–Crippen MR) is 94.1 cm³/mol. The molecular weight excluding hydrogens is 340 g/mol. The number of aliphatic hydroxyl groups excluding tert-OH is 4. The number of ketones is 1. The van der Waals surface area contributed by atoms with Gasteiger partial charge in [0.25, 0.3) is 0 Å². The van der Waals surface area contributed by atoms with Crippen molar-refractivity contribution in [2.45, 2.75) is 77.3 Å². The van der Waals surface area contributed by atoms with Crippen molar-refractivity contribution in [2.24, 2.45) is 17.3 Å². The Morgan fingerprint density at radius 3 is 2.42 bits per heavy atom. The first-order valence-electron chi connectivity index (χ1n) is 9.21. The van der Waals surface area contributed by atoms with Gasteiger partial charge >= 0.3 is 0 Å². The van der Waals surface area contributed by atoms with Gasteiger partial charge in [0.05, 0.1) is 12.7 Å². The van der Waals surface area contributed by atoms with Crippen LogP contribution in [0.5, 0.6) is 0 Å². The Labute approximate surface area is 154 Å². The first-order valence-corrected chi connectivity index (χ1v) is 9.21. The van der Waals surface area contributed by atoms with Crippen LogP contribution in [0.3, 0.4) is 0 Å². The maximum atomic E-state index is 11.3. The predicted octanol–water partition coefficient (Wildman–Crippen LogP) is 0.389. The van der Waals surface area contributed by atoms with Crippen LogP contribution in [-0.4, -0.2) is 69.6 Å². The average molecular weight is 372 g/mol. The fourth-order valence-electron chi connectivity index (χ4n) is 4.30. The van der Waals surface area contributed by atoms with Crippen molar-refractivity contribution in [3.8, 4) is 0 Å². The van der Waals surface area contributed by atoms with Crippen LogP contribution in [-0.2, 0) is 14.3 Å². The number of hydrogen-bond donors (Lipinski definition) is 4. The fraction of sp³-hybridized carbons (Fsp3) is 0.842. The van der Waals surface area contributed by atoms with Crippen LogP contribution < -0.4 is 0 Å². The Morgan fingerprint density at radius 2 is 1.88 bits per heavy atom. The molecule has 1 saturated heterocycles. The lowest BCUT2D eigenvalue weighted by atomic mass is 9.63. The lowest BCUT2D eigenvalue weighted by Crippen LogP contribution is -2.60. The van der Waals surface area contributed by atoms with Crippen molar-refractivity contribution in [3.63, 3.8) is 0 Å². The molecule has 2 fully saturated rings. The highest BCUT2D eigenvalue weighted by atomic mass is 16.7. The van der Waals surface area contributed by atoms with Gasteiger partial charge in [-0.05, 0) is 43.1 Å². The third-order valence-corrected chi connectivity index (χ3v) is 5.62. The van der Waals surface area contributed by atoms with E-state index in [-0.39, 0.29) is 29.1 Å². The van der Waals surface area contributed by atoms with Gasteiger partial charge in [-0.15, -0.1) is 0 Å².